The molecule has 1 spiro atoms. The van der Waals surface area contributed by atoms with Gasteiger partial charge >= 0.3 is 6.03 Å². The summed E-state index contributed by atoms with van der Waals surface area (Å²) in [5, 5.41) is 3.32. The van der Waals surface area contributed by atoms with Gasteiger partial charge in [-0.25, -0.2) is 14.8 Å². The van der Waals surface area contributed by atoms with Crippen molar-refractivity contribution < 1.29 is 4.79 Å². The fraction of sp³-hybridized carbons (Fsp3) is 0.542. The van der Waals surface area contributed by atoms with Gasteiger partial charge in [0.15, 0.2) is 0 Å². The molecule has 3 heterocycles. The molecule has 3 aliphatic rings. The molecule has 31 heavy (non-hydrogen) atoms. The summed E-state index contributed by atoms with van der Waals surface area (Å²) in [5.74, 6) is 0.770. The molecule has 2 amide bonds. The van der Waals surface area contributed by atoms with Gasteiger partial charge < -0.3 is 10.2 Å². The molecule has 2 aliphatic heterocycles. The third kappa shape index (κ3) is 3.55. The topological polar surface area (TPSA) is 64.6 Å². The molecule has 2 aromatic rings. The van der Waals surface area contributed by atoms with Gasteiger partial charge in [0.1, 0.15) is 0 Å². The molecule has 0 unspecified atom stereocenters. The van der Waals surface area contributed by atoms with E-state index < -0.39 is 0 Å². The molecular weight excluding hydrogens is 388 g/mol. The van der Waals surface area contributed by atoms with E-state index in [-0.39, 0.29) is 17.1 Å². The second-order valence-corrected chi connectivity index (χ2v) is 9.52. The normalized spacial score (nSPS) is 28.5. The molecule has 1 aromatic carbocycles. The number of aromatic nitrogens is 2. The fourth-order valence-corrected chi connectivity index (χ4v) is 5.62. The molecule has 1 aliphatic carbocycles. The van der Waals surface area contributed by atoms with Gasteiger partial charge in [0.2, 0.25) is 5.95 Å². The van der Waals surface area contributed by atoms with Crippen molar-refractivity contribution in [2.75, 3.05) is 43.5 Å². The number of hydrogen-bond acceptors (Lipinski definition) is 5. The molecule has 1 N–H and O–H groups in total. The van der Waals surface area contributed by atoms with E-state index in [0.29, 0.717) is 6.54 Å². The molecule has 1 saturated carbocycles. The van der Waals surface area contributed by atoms with Crippen molar-refractivity contribution in [1.82, 2.24) is 20.2 Å². The first-order valence-corrected chi connectivity index (χ1v) is 11.4. The Morgan fingerprint density at radius 1 is 0.968 bits per heavy atom. The van der Waals surface area contributed by atoms with Crippen molar-refractivity contribution >= 4 is 17.7 Å². The number of hydrogen-bond donors (Lipinski definition) is 1. The van der Waals surface area contributed by atoms with Crippen molar-refractivity contribution in [2.24, 2.45) is 0 Å². The Morgan fingerprint density at radius 2 is 1.61 bits per heavy atom. The first-order valence-electron chi connectivity index (χ1n) is 11.4. The van der Waals surface area contributed by atoms with Crippen molar-refractivity contribution in [3.05, 3.63) is 48.3 Å². The molecule has 0 bridgehead atoms. The third-order valence-corrected chi connectivity index (χ3v) is 7.60. The van der Waals surface area contributed by atoms with Crippen LogP contribution in [0.3, 0.4) is 0 Å². The van der Waals surface area contributed by atoms with E-state index >= 15 is 0 Å². The molecule has 1 aromatic heterocycles. The van der Waals surface area contributed by atoms with Crippen molar-refractivity contribution in [3.8, 4) is 0 Å². The number of nitrogens with zero attached hydrogens (tertiary/aromatic N) is 5. The zero-order valence-electron chi connectivity index (χ0n) is 18.5. The molecule has 7 heteroatoms. The lowest BCUT2D eigenvalue weighted by Crippen LogP contribution is -2.54. The van der Waals surface area contributed by atoms with Gasteiger partial charge in [-0.3, -0.25) is 9.80 Å². The molecular formula is C24H32N6O. The van der Waals surface area contributed by atoms with Crippen LogP contribution in [-0.4, -0.2) is 60.2 Å². The maximum Gasteiger partial charge on any atom is 0.322 e. The monoisotopic (exact) mass is 420 g/mol. The zero-order valence-corrected chi connectivity index (χ0v) is 18.5. The third-order valence-electron chi connectivity index (χ3n) is 7.60. The predicted molar refractivity (Wildman–Crippen MR) is 122 cm³/mol. The average Bonchev–Trinajstić information content (AvgIpc) is 3.44. The minimum absolute atomic E-state index is 0.0190. The molecule has 0 atom stereocenters. The van der Waals surface area contributed by atoms with E-state index in [1.165, 1.54) is 18.4 Å². The smallest absolute Gasteiger partial charge is 0.322 e. The van der Waals surface area contributed by atoms with Crippen LogP contribution >= 0.6 is 0 Å². The minimum atomic E-state index is -0.182. The molecule has 5 rings (SSSR count). The lowest BCUT2D eigenvalue weighted by molar-refractivity contribution is 0.0658. The summed E-state index contributed by atoms with van der Waals surface area (Å²) in [6, 6.07) is 10.7. The predicted octanol–water partition coefficient (Wildman–Crippen LogP) is 3.38. The summed E-state index contributed by atoms with van der Waals surface area (Å²) in [6.45, 7) is 2.71. The number of amides is 2. The van der Waals surface area contributed by atoms with Crippen LogP contribution < -0.4 is 15.1 Å². The largest absolute Gasteiger partial charge is 0.341 e. The SMILES string of the molecule is CN(C)[C@]1(c2ccccc2)CC[C@@]2(CC1)CN(c1cnc(N3CCCC3)nc1)C(=O)N2. The van der Waals surface area contributed by atoms with Gasteiger partial charge in [-0.1, -0.05) is 30.3 Å². The maximum atomic E-state index is 12.9. The second-order valence-electron chi connectivity index (χ2n) is 9.52. The highest BCUT2D eigenvalue weighted by Crippen LogP contribution is 2.46. The summed E-state index contributed by atoms with van der Waals surface area (Å²) in [4.78, 5) is 28.4. The van der Waals surface area contributed by atoms with Gasteiger partial charge in [-0.05, 0) is 58.2 Å². The summed E-state index contributed by atoms with van der Waals surface area (Å²) in [7, 11) is 4.34. The van der Waals surface area contributed by atoms with Crippen LogP contribution in [0.4, 0.5) is 16.4 Å². The Hall–Kier alpha value is -2.67. The number of rotatable bonds is 4. The highest BCUT2D eigenvalue weighted by Gasteiger charge is 2.50. The Balaban J connectivity index is 1.31. The van der Waals surface area contributed by atoms with Crippen molar-refractivity contribution in [1.29, 1.82) is 0 Å². The van der Waals surface area contributed by atoms with Gasteiger partial charge in [0.05, 0.1) is 30.2 Å². The summed E-state index contributed by atoms with van der Waals surface area (Å²) >= 11 is 0. The number of nitrogens with one attached hydrogen (secondary N) is 1. The second kappa shape index (κ2) is 7.79. The van der Waals surface area contributed by atoms with Gasteiger partial charge in [0.25, 0.3) is 0 Å². The van der Waals surface area contributed by atoms with E-state index in [0.717, 1.165) is 50.4 Å². The highest BCUT2D eigenvalue weighted by atomic mass is 16.2. The Kier molecular flexibility index (Phi) is 5.08. The molecule has 3 fully saturated rings. The van der Waals surface area contributed by atoms with Gasteiger partial charge in [0, 0.05) is 18.6 Å². The first kappa shape index (κ1) is 20.2. The fourth-order valence-electron chi connectivity index (χ4n) is 5.62. The van der Waals surface area contributed by atoms with Crippen LogP contribution in [0.2, 0.25) is 0 Å². The van der Waals surface area contributed by atoms with Crippen molar-refractivity contribution in [2.45, 2.75) is 49.6 Å². The molecule has 2 saturated heterocycles. The zero-order chi connectivity index (χ0) is 21.5. The van der Waals surface area contributed by atoms with Gasteiger partial charge in [-0.15, -0.1) is 0 Å². The summed E-state index contributed by atoms with van der Waals surface area (Å²) < 4.78 is 0. The first-order chi connectivity index (χ1) is 15.0. The number of urea groups is 1. The van der Waals surface area contributed by atoms with E-state index in [9.17, 15) is 4.79 Å². The summed E-state index contributed by atoms with van der Waals surface area (Å²) in [5.41, 5.74) is 1.98. The average molecular weight is 421 g/mol. The van der Waals surface area contributed by atoms with E-state index in [1.54, 1.807) is 12.4 Å². The standard InChI is InChI=1S/C24H32N6O/c1-28(2)24(19-8-4-3-5-9-19)12-10-23(11-13-24)18-30(22(31)27-23)20-16-25-21(26-17-20)29-14-6-7-15-29/h3-5,8-9,16-17H,6-7,10-15,18H2,1-2H3,(H,27,31)/t23-,24-. The van der Waals surface area contributed by atoms with Crippen LogP contribution in [0, 0.1) is 0 Å². The Morgan fingerprint density at radius 3 is 2.23 bits per heavy atom. The number of anilines is 2. The lowest BCUT2D eigenvalue weighted by Gasteiger charge is -2.48. The Labute approximate surface area is 184 Å². The number of benzene rings is 1. The van der Waals surface area contributed by atoms with Crippen LogP contribution in [0.25, 0.3) is 0 Å². The number of carbonyl (C=O) groups excluding carboxylic acids is 1. The van der Waals surface area contributed by atoms with E-state index in [2.05, 4.69) is 69.5 Å². The van der Waals surface area contributed by atoms with E-state index in [4.69, 9.17) is 0 Å². The van der Waals surface area contributed by atoms with Crippen molar-refractivity contribution in [3.63, 3.8) is 0 Å². The van der Waals surface area contributed by atoms with Crippen LogP contribution in [-0.2, 0) is 5.54 Å². The number of carbonyl (C=O) groups is 1. The highest BCUT2D eigenvalue weighted by molar-refractivity contribution is 5.95. The van der Waals surface area contributed by atoms with Crippen LogP contribution in [0.15, 0.2) is 42.7 Å². The summed E-state index contributed by atoms with van der Waals surface area (Å²) in [6.07, 6.45) is 9.93. The maximum absolute atomic E-state index is 12.9. The molecule has 164 valence electrons. The van der Waals surface area contributed by atoms with E-state index in [1.807, 2.05) is 4.90 Å². The Bertz CT molecular complexity index is 915. The molecule has 0 radical (unpaired) electrons. The van der Waals surface area contributed by atoms with Crippen LogP contribution in [0.1, 0.15) is 44.1 Å². The van der Waals surface area contributed by atoms with Crippen LogP contribution in [0.5, 0.6) is 0 Å². The lowest BCUT2D eigenvalue weighted by atomic mass is 9.69. The quantitative estimate of drug-likeness (QED) is 0.822. The molecule has 7 nitrogen and oxygen atoms in total. The van der Waals surface area contributed by atoms with Gasteiger partial charge in [-0.2, -0.15) is 0 Å². The minimum Gasteiger partial charge on any atom is -0.341 e.